The van der Waals surface area contributed by atoms with E-state index >= 15 is 0 Å². The van der Waals surface area contributed by atoms with Crippen molar-refractivity contribution >= 4 is 41.7 Å². The van der Waals surface area contributed by atoms with Gasteiger partial charge in [0.25, 0.3) is 0 Å². The Bertz CT molecular complexity index is 507. The number of thioether (sulfide) groups is 1. The van der Waals surface area contributed by atoms with Crippen molar-refractivity contribution in [2.45, 2.75) is 24.6 Å². The Kier molecular flexibility index (Phi) is 8.54. The lowest BCUT2D eigenvalue weighted by Gasteiger charge is -2.14. The second-order valence-corrected chi connectivity index (χ2v) is 6.16. The zero-order valence-corrected chi connectivity index (χ0v) is 15.3. The summed E-state index contributed by atoms with van der Waals surface area (Å²) in [6, 6.07) is 9.78. The van der Waals surface area contributed by atoms with E-state index < -0.39 is 0 Å². The highest BCUT2D eigenvalue weighted by Crippen LogP contribution is 2.25. The van der Waals surface area contributed by atoms with Crippen molar-refractivity contribution < 1.29 is 0 Å². The fraction of sp³-hybridized carbons (Fsp3) is 0.467. The number of guanidine groups is 1. The van der Waals surface area contributed by atoms with Crippen molar-refractivity contribution in [3.8, 4) is 6.07 Å². The first-order valence-electron chi connectivity index (χ1n) is 6.87. The molecule has 1 aromatic carbocycles. The van der Waals surface area contributed by atoms with E-state index in [0.717, 1.165) is 18.1 Å². The molecule has 4 nitrogen and oxygen atoms in total. The van der Waals surface area contributed by atoms with E-state index in [0.29, 0.717) is 17.4 Å². The number of nitrogens with one attached hydrogen (secondary N) is 2. The van der Waals surface area contributed by atoms with Gasteiger partial charge in [0, 0.05) is 25.4 Å². The molecule has 0 saturated carbocycles. The predicted octanol–water partition coefficient (Wildman–Crippen LogP) is 2.74. The number of rotatable bonds is 4. The van der Waals surface area contributed by atoms with Crippen molar-refractivity contribution in [1.29, 1.82) is 5.26 Å². The monoisotopic (exact) mass is 416 g/mol. The minimum atomic E-state index is 0. The molecule has 2 rings (SSSR count). The van der Waals surface area contributed by atoms with Gasteiger partial charge in [0.1, 0.15) is 0 Å². The Morgan fingerprint density at radius 1 is 1.48 bits per heavy atom. The maximum absolute atomic E-state index is 8.88. The fourth-order valence-electron chi connectivity index (χ4n) is 2.17. The lowest BCUT2D eigenvalue weighted by molar-refractivity contribution is 0.726. The summed E-state index contributed by atoms with van der Waals surface area (Å²) in [6.07, 6.45) is 2.61. The van der Waals surface area contributed by atoms with E-state index in [1.54, 1.807) is 7.05 Å². The molecule has 0 radical (unpaired) electrons. The molecule has 1 saturated heterocycles. The molecule has 1 atom stereocenters. The molecule has 2 N–H and O–H groups in total. The topological polar surface area (TPSA) is 60.2 Å². The van der Waals surface area contributed by atoms with Crippen LogP contribution in [0, 0.1) is 11.3 Å². The van der Waals surface area contributed by atoms with E-state index in [1.165, 1.54) is 18.6 Å². The molecule has 1 fully saturated rings. The molecule has 1 unspecified atom stereocenters. The number of benzene rings is 1. The average Bonchev–Trinajstić information content (AvgIpc) is 3.01. The van der Waals surface area contributed by atoms with Crippen molar-refractivity contribution in [3.05, 3.63) is 35.4 Å². The van der Waals surface area contributed by atoms with Crippen LogP contribution in [-0.4, -0.2) is 30.6 Å². The number of nitrogens with zero attached hydrogens (tertiary/aromatic N) is 2. The van der Waals surface area contributed by atoms with Crippen molar-refractivity contribution in [2.75, 3.05) is 19.3 Å². The van der Waals surface area contributed by atoms with Gasteiger partial charge < -0.3 is 10.6 Å². The third kappa shape index (κ3) is 6.14. The zero-order chi connectivity index (χ0) is 14.2. The lowest BCUT2D eigenvalue weighted by atomic mass is 10.1. The Balaban J connectivity index is 0.00000220. The molecule has 6 heteroatoms. The Labute approximate surface area is 147 Å². The molecule has 0 spiro atoms. The van der Waals surface area contributed by atoms with Gasteiger partial charge in [-0.15, -0.1) is 24.0 Å². The summed E-state index contributed by atoms with van der Waals surface area (Å²) in [7, 11) is 1.78. The van der Waals surface area contributed by atoms with Gasteiger partial charge in [0.05, 0.1) is 11.6 Å². The number of hydrogen-bond acceptors (Lipinski definition) is 3. The quantitative estimate of drug-likeness (QED) is 0.450. The van der Waals surface area contributed by atoms with E-state index in [9.17, 15) is 0 Å². The standard InChI is InChI=1S/C15H20N4S.HI/c1-17-15(19-11-14-6-3-7-20-14)18-10-13-5-2-4-12(8-13)9-16;/h2,4-5,8,14H,3,6-7,10-11H2,1H3,(H2,17,18,19);1H. The molecule has 0 amide bonds. The smallest absolute Gasteiger partial charge is 0.191 e. The number of halogens is 1. The second kappa shape index (κ2) is 9.90. The Hall–Kier alpha value is -0.940. The van der Waals surface area contributed by atoms with Crippen LogP contribution in [0.1, 0.15) is 24.0 Å². The van der Waals surface area contributed by atoms with Gasteiger partial charge in [-0.25, -0.2) is 0 Å². The summed E-state index contributed by atoms with van der Waals surface area (Å²) in [6.45, 7) is 1.63. The van der Waals surface area contributed by atoms with Gasteiger partial charge in [0.2, 0.25) is 0 Å². The highest BCUT2D eigenvalue weighted by molar-refractivity contribution is 14.0. The Morgan fingerprint density at radius 3 is 3.00 bits per heavy atom. The number of aliphatic imine (C=N–C) groups is 1. The number of hydrogen-bond donors (Lipinski definition) is 2. The minimum absolute atomic E-state index is 0. The Morgan fingerprint density at radius 2 is 2.33 bits per heavy atom. The van der Waals surface area contributed by atoms with Crippen LogP contribution in [-0.2, 0) is 6.54 Å². The molecule has 1 aliphatic rings. The van der Waals surface area contributed by atoms with Crippen LogP contribution in [0.15, 0.2) is 29.3 Å². The molecule has 1 aliphatic heterocycles. The van der Waals surface area contributed by atoms with E-state index in [-0.39, 0.29) is 24.0 Å². The van der Waals surface area contributed by atoms with Crippen LogP contribution < -0.4 is 10.6 Å². The summed E-state index contributed by atoms with van der Waals surface area (Å²) >= 11 is 2.03. The van der Waals surface area contributed by atoms with Crippen LogP contribution in [0.4, 0.5) is 0 Å². The van der Waals surface area contributed by atoms with Gasteiger partial charge in [-0.1, -0.05) is 12.1 Å². The maximum Gasteiger partial charge on any atom is 0.191 e. The molecule has 114 valence electrons. The molecular weight excluding hydrogens is 395 g/mol. The number of nitriles is 1. The summed E-state index contributed by atoms with van der Waals surface area (Å²) in [4.78, 5) is 4.23. The molecular formula is C15H21IN4S. The fourth-order valence-corrected chi connectivity index (χ4v) is 3.37. The summed E-state index contributed by atoms with van der Waals surface area (Å²) < 4.78 is 0. The summed E-state index contributed by atoms with van der Waals surface area (Å²) in [5.41, 5.74) is 1.77. The van der Waals surface area contributed by atoms with Gasteiger partial charge >= 0.3 is 0 Å². The molecule has 0 aromatic heterocycles. The highest BCUT2D eigenvalue weighted by atomic mass is 127. The zero-order valence-electron chi connectivity index (χ0n) is 12.1. The molecule has 1 aromatic rings. The molecule has 1 heterocycles. The van der Waals surface area contributed by atoms with Crippen molar-refractivity contribution in [2.24, 2.45) is 4.99 Å². The third-order valence-corrected chi connectivity index (χ3v) is 4.66. The molecule has 0 aliphatic carbocycles. The normalized spacial score (nSPS) is 17.7. The molecule has 21 heavy (non-hydrogen) atoms. The first-order valence-corrected chi connectivity index (χ1v) is 7.92. The first-order chi connectivity index (χ1) is 9.81. The van der Waals surface area contributed by atoms with E-state index in [2.05, 4.69) is 21.7 Å². The van der Waals surface area contributed by atoms with Crippen LogP contribution in [0.2, 0.25) is 0 Å². The van der Waals surface area contributed by atoms with Gasteiger partial charge in [-0.05, 0) is 36.3 Å². The summed E-state index contributed by atoms with van der Waals surface area (Å²) in [5, 5.41) is 16.2. The van der Waals surface area contributed by atoms with E-state index in [4.69, 9.17) is 5.26 Å². The van der Waals surface area contributed by atoms with Gasteiger partial charge in [0.15, 0.2) is 5.96 Å². The van der Waals surface area contributed by atoms with Crippen molar-refractivity contribution in [3.63, 3.8) is 0 Å². The van der Waals surface area contributed by atoms with Crippen molar-refractivity contribution in [1.82, 2.24) is 10.6 Å². The average molecular weight is 416 g/mol. The maximum atomic E-state index is 8.88. The second-order valence-electron chi connectivity index (χ2n) is 4.75. The van der Waals surface area contributed by atoms with Gasteiger partial charge in [-0.3, -0.25) is 4.99 Å². The van der Waals surface area contributed by atoms with Crippen LogP contribution >= 0.6 is 35.7 Å². The molecule has 0 bridgehead atoms. The lowest BCUT2D eigenvalue weighted by Crippen LogP contribution is -2.39. The third-order valence-electron chi connectivity index (χ3n) is 3.26. The van der Waals surface area contributed by atoms with Gasteiger partial charge in [-0.2, -0.15) is 17.0 Å². The minimum Gasteiger partial charge on any atom is -0.355 e. The first kappa shape index (κ1) is 18.1. The summed E-state index contributed by atoms with van der Waals surface area (Å²) in [5.74, 6) is 2.10. The van der Waals surface area contributed by atoms with Crippen LogP contribution in [0.25, 0.3) is 0 Å². The largest absolute Gasteiger partial charge is 0.355 e. The highest BCUT2D eigenvalue weighted by Gasteiger charge is 2.15. The van der Waals surface area contributed by atoms with E-state index in [1.807, 2.05) is 36.0 Å². The van der Waals surface area contributed by atoms with Crippen LogP contribution in [0.3, 0.4) is 0 Å². The SMILES string of the molecule is CN=C(NCc1cccc(C#N)c1)NCC1CCCS1.I. The van der Waals surface area contributed by atoms with Crippen LogP contribution in [0.5, 0.6) is 0 Å². The predicted molar refractivity (Wildman–Crippen MR) is 100 cm³/mol.